The van der Waals surface area contributed by atoms with Crippen molar-refractivity contribution >= 4 is 43.9 Å². The SMILES string of the molecule is CCCCc1nc2c(CCCCCCCCCCCCCCc3nc4ccccc4c4c3nc(CCCC)n4Cc3ccccc3)nc3ccccc3c2n1Cc1ccccc1. The number of imidazole rings is 2. The summed E-state index contributed by atoms with van der Waals surface area (Å²) in [6.45, 7) is 6.23. The third-order valence-electron chi connectivity index (χ3n) is 12.9. The maximum Gasteiger partial charge on any atom is 0.111 e. The smallest absolute Gasteiger partial charge is 0.111 e. The summed E-state index contributed by atoms with van der Waals surface area (Å²) in [7, 11) is 0. The van der Waals surface area contributed by atoms with Gasteiger partial charge in [0.25, 0.3) is 0 Å². The standard InChI is InChI=1S/C56H68N6/c1-3-5-39-51-59-53-49(57-47-35-27-25-33-45(47)55(53)61(51)41-43-29-19-17-20-30-43)37-23-15-13-11-9-7-8-10-12-14-16-24-38-50-54-56(46-34-26-28-36-48(46)58-50)62(52(60-54)40-6-4-2)42-44-31-21-18-22-32-44/h17-22,25-36H,3-16,23-24,37-42H2,1-2H3. The second-order valence-electron chi connectivity index (χ2n) is 17.7. The minimum atomic E-state index is 0.847. The van der Waals surface area contributed by atoms with Crippen LogP contribution in [-0.2, 0) is 38.8 Å². The maximum absolute atomic E-state index is 5.33. The second kappa shape index (κ2) is 22.1. The first-order valence-electron chi connectivity index (χ1n) is 24.3. The molecule has 4 heterocycles. The van der Waals surface area contributed by atoms with Crippen LogP contribution in [-0.4, -0.2) is 29.1 Å². The highest BCUT2D eigenvalue weighted by molar-refractivity contribution is 6.04. The number of rotatable bonds is 25. The highest BCUT2D eigenvalue weighted by Crippen LogP contribution is 2.32. The highest BCUT2D eigenvalue weighted by atomic mass is 15.1. The molecule has 8 aromatic rings. The van der Waals surface area contributed by atoms with Gasteiger partial charge in [-0.2, -0.15) is 0 Å². The van der Waals surface area contributed by atoms with Crippen LogP contribution in [0.15, 0.2) is 109 Å². The molecule has 4 aromatic heterocycles. The molecule has 6 nitrogen and oxygen atoms in total. The Morgan fingerprint density at radius 1 is 0.355 bits per heavy atom. The zero-order chi connectivity index (χ0) is 42.4. The number of hydrogen-bond donors (Lipinski definition) is 0. The number of benzene rings is 4. The van der Waals surface area contributed by atoms with Gasteiger partial charge in [-0.05, 0) is 61.8 Å². The minimum absolute atomic E-state index is 0.847. The summed E-state index contributed by atoms with van der Waals surface area (Å²) in [5.74, 6) is 2.40. The molecule has 0 unspecified atom stereocenters. The van der Waals surface area contributed by atoms with Gasteiger partial charge in [-0.1, -0.05) is 188 Å². The molecule has 0 radical (unpaired) electrons. The van der Waals surface area contributed by atoms with Gasteiger partial charge in [0, 0.05) is 36.7 Å². The van der Waals surface area contributed by atoms with E-state index in [1.807, 2.05) is 0 Å². The molecule has 0 N–H and O–H groups in total. The topological polar surface area (TPSA) is 61.4 Å². The normalized spacial score (nSPS) is 11.8. The fourth-order valence-electron chi connectivity index (χ4n) is 9.51. The second-order valence-corrected chi connectivity index (χ2v) is 17.7. The van der Waals surface area contributed by atoms with E-state index in [1.54, 1.807) is 0 Å². The van der Waals surface area contributed by atoms with Crippen LogP contribution in [0.1, 0.15) is 151 Å². The van der Waals surface area contributed by atoms with E-state index >= 15 is 0 Å². The van der Waals surface area contributed by atoms with Gasteiger partial charge >= 0.3 is 0 Å². The minimum Gasteiger partial charge on any atom is -0.323 e. The van der Waals surface area contributed by atoms with E-state index in [2.05, 4.69) is 132 Å². The number of fused-ring (bicyclic) bond motifs is 6. The molecule has 4 aromatic carbocycles. The van der Waals surface area contributed by atoms with Crippen molar-refractivity contribution in [1.82, 2.24) is 29.1 Å². The Bertz CT molecular complexity index is 2440. The summed E-state index contributed by atoms with van der Waals surface area (Å²) >= 11 is 0. The summed E-state index contributed by atoms with van der Waals surface area (Å²) in [4.78, 5) is 21.1. The number of para-hydroxylation sites is 2. The van der Waals surface area contributed by atoms with Gasteiger partial charge in [0.05, 0.1) is 33.5 Å². The van der Waals surface area contributed by atoms with Gasteiger partial charge in [0.1, 0.15) is 22.7 Å². The summed E-state index contributed by atoms with van der Waals surface area (Å²) in [6, 6.07) is 39.0. The summed E-state index contributed by atoms with van der Waals surface area (Å²) in [5, 5.41) is 2.44. The monoisotopic (exact) mass is 825 g/mol. The van der Waals surface area contributed by atoms with Crippen molar-refractivity contribution in [3.8, 4) is 0 Å². The molecule has 0 spiro atoms. The van der Waals surface area contributed by atoms with E-state index in [-0.39, 0.29) is 0 Å². The van der Waals surface area contributed by atoms with E-state index in [0.29, 0.717) is 0 Å². The Kier molecular flexibility index (Phi) is 15.5. The van der Waals surface area contributed by atoms with E-state index in [9.17, 15) is 0 Å². The Morgan fingerprint density at radius 2 is 0.710 bits per heavy atom. The van der Waals surface area contributed by atoms with Gasteiger partial charge < -0.3 is 9.13 Å². The number of unbranched alkanes of at least 4 members (excludes halogenated alkanes) is 13. The Hall–Kier alpha value is -5.36. The lowest BCUT2D eigenvalue weighted by Gasteiger charge is -2.12. The lowest BCUT2D eigenvalue weighted by molar-refractivity contribution is 0.540. The van der Waals surface area contributed by atoms with Crippen LogP contribution < -0.4 is 0 Å². The van der Waals surface area contributed by atoms with Crippen LogP contribution in [0.25, 0.3) is 43.9 Å². The van der Waals surface area contributed by atoms with Crippen molar-refractivity contribution in [2.75, 3.05) is 0 Å². The summed E-state index contributed by atoms with van der Waals surface area (Å²) in [6.07, 6.45) is 24.2. The van der Waals surface area contributed by atoms with Gasteiger partial charge in [0.2, 0.25) is 0 Å². The van der Waals surface area contributed by atoms with Gasteiger partial charge in [-0.25, -0.2) is 9.97 Å². The number of aryl methyl sites for hydroxylation is 4. The first kappa shape index (κ1) is 43.3. The number of pyridine rings is 2. The average Bonchev–Trinajstić information content (AvgIpc) is 3.86. The lowest BCUT2D eigenvalue weighted by atomic mass is 10.0. The Morgan fingerprint density at radius 3 is 1.10 bits per heavy atom. The predicted octanol–water partition coefficient (Wildman–Crippen LogP) is 14.7. The molecule has 0 atom stereocenters. The molecule has 0 amide bonds. The van der Waals surface area contributed by atoms with Crippen LogP contribution in [0.2, 0.25) is 0 Å². The maximum atomic E-state index is 5.33. The Labute approximate surface area is 370 Å². The highest BCUT2D eigenvalue weighted by Gasteiger charge is 2.20. The predicted molar refractivity (Wildman–Crippen MR) is 261 cm³/mol. The van der Waals surface area contributed by atoms with Crippen LogP contribution in [0.5, 0.6) is 0 Å². The van der Waals surface area contributed by atoms with Crippen LogP contribution >= 0.6 is 0 Å². The molecular weight excluding hydrogens is 757 g/mol. The molecule has 8 rings (SSSR count). The van der Waals surface area contributed by atoms with Crippen molar-refractivity contribution in [2.45, 2.75) is 155 Å². The van der Waals surface area contributed by atoms with Crippen LogP contribution in [0.3, 0.4) is 0 Å². The fourth-order valence-corrected chi connectivity index (χ4v) is 9.51. The van der Waals surface area contributed by atoms with Crippen molar-refractivity contribution in [3.05, 3.63) is 143 Å². The third-order valence-corrected chi connectivity index (χ3v) is 12.9. The molecule has 6 heteroatoms. The third kappa shape index (κ3) is 10.6. The molecule has 62 heavy (non-hydrogen) atoms. The van der Waals surface area contributed by atoms with Crippen molar-refractivity contribution in [2.24, 2.45) is 0 Å². The van der Waals surface area contributed by atoms with E-state index in [0.717, 1.165) is 73.7 Å². The van der Waals surface area contributed by atoms with E-state index in [1.165, 1.54) is 146 Å². The fraction of sp³-hybridized carbons (Fsp3) is 0.429. The molecule has 322 valence electrons. The zero-order valence-corrected chi connectivity index (χ0v) is 37.6. The first-order chi connectivity index (χ1) is 30.7. The van der Waals surface area contributed by atoms with Crippen LogP contribution in [0.4, 0.5) is 0 Å². The molecule has 0 aliphatic heterocycles. The van der Waals surface area contributed by atoms with Crippen molar-refractivity contribution in [1.29, 1.82) is 0 Å². The van der Waals surface area contributed by atoms with Gasteiger partial charge in [0.15, 0.2) is 0 Å². The molecular formula is C56H68N6. The van der Waals surface area contributed by atoms with Gasteiger partial charge in [-0.15, -0.1) is 0 Å². The molecule has 0 saturated carbocycles. The van der Waals surface area contributed by atoms with Gasteiger partial charge in [-0.3, -0.25) is 9.97 Å². The number of aromatic nitrogens is 6. The molecule has 0 aliphatic rings. The summed E-state index contributed by atoms with van der Waals surface area (Å²) < 4.78 is 4.98. The molecule has 0 saturated heterocycles. The first-order valence-corrected chi connectivity index (χ1v) is 24.3. The van der Waals surface area contributed by atoms with E-state index < -0.39 is 0 Å². The van der Waals surface area contributed by atoms with Crippen LogP contribution in [0, 0.1) is 0 Å². The average molecular weight is 825 g/mol. The lowest BCUT2D eigenvalue weighted by Crippen LogP contribution is -2.06. The Balaban J connectivity index is 0.778. The molecule has 0 bridgehead atoms. The van der Waals surface area contributed by atoms with Crippen molar-refractivity contribution < 1.29 is 0 Å². The quantitative estimate of drug-likeness (QED) is 0.0539. The number of nitrogens with zero attached hydrogens (tertiary/aromatic N) is 6. The van der Waals surface area contributed by atoms with E-state index in [4.69, 9.17) is 19.9 Å². The molecule has 0 aliphatic carbocycles. The van der Waals surface area contributed by atoms with Crippen molar-refractivity contribution in [3.63, 3.8) is 0 Å². The largest absolute Gasteiger partial charge is 0.323 e. The number of hydrogen-bond acceptors (Lipinski definition) is 4. The molecule has 0 fully saturated rings. The summed E-state index contributed by atoms with van der Waals surface area (Å²) in [5.41, 5.74) is 11.9. The zero-order valence-electron chi connectivity index (χ0n) is 37.6.